The van der Waals surface area contributed by atoms with Crippen LogP contribution in [0.2, 0.25) is 0 Å². The van der Waals surface area contributed by atoms with E-state index >= 15 is 0 Å². The lowest BCUT2D eigenvalue weighted by molar-refractivity contribution is -0.126. The van der Waals surface area contributed by atoms with Crippen LogP contribution < -0.4 is 5.32 Å². The van der Waals surface area contributed by atoms with Crippen LogP contribution in [-0.4, -0.2) is 17.3 Å². The van der Waals surface area contributed by atoms with Gasteiger partial charge in [-0.25, -0.2) is 0 Å². The Balaban J connectivity index is 2.44. The fourth-order valence-electron chi connectivity index (χ4n) is 2.01. The summed E-state index contributed by atoms with van der Waals surface area (Å²) in [4.78, 5) is 12.0. The highest BCUT2D eigenvalue weighted by atomic mass is 35.5. The third kappa shape index (κ3) is 4.42. The monoisotopic (exact) mass is 231 g/mol. The normalized spacial score (nSPS) is 19.7. The molecule has 2 nitrogen and oxygen atoms in total. The number of carbonyl (C=O) groups is 1. The summed E-state index contributed by atoms with van der Waals surface area (Å²) in [5.41, 5.74) is -0.273. The standard InChI is InChI=1S/C12H22ClNO/c1-12(2,9-13)14-11(15)10-7-5-3-4-6-8-10/h10H,3-9H2,1-2H3,(H,14,15). The van der Waals surface area contributed by atoms with Gasteiger partial charge in [-0.3, -0.25) is 4.79 Å². The van der Waals surface area contributed by atoms with Crippen molar-refractivity contribution >= 4 is 17.5 Å². The Morgan fingerprint density at radius 1 is 1.27 bits per heavy atom. The molecule has 0 aromatic carbocycles. The van der Waals surface area contributed by atoms with Gasteiger partial charge in [-0.15, -0.1) is 11.6 Å². The quantitative estimate of drug-likeness (QED) is 0.587. The molecule has 88 valence electrons. The molecule has 1 saturated carbocycles. The molecule has 0 spiro atoms. The van der Waals surface area contributed by atoms with E-state index in [9.17, 15) is 4.79 Å². The lowest BCUT2D eigenvalue weighted by atomic mass is 9.97. The predicted molar refractivity (Wildman–Crippen MR) is 64.1 cm³/mol. The van der Waals surface area contributed by atoms with E-state index in [1.165, 1.54) is 25.7 Å². The Hall–Kier alpha value is -0.240. The van der Waals surface area contributed by atoms with Gasteiger partial charge in [0.2, 0.25) is 5.91 Å². The largest absolute Gasteiger partial charge is 0.350 e. The van der Waals surface area contributed by atoms with Crippen LogP contribution in [0.25, 0.3) is 0 Å². The molecular weight excluding hydrogens is 210 g/mol. The summed E-state index contributed by atoms with van der Waals surface area (Å²) in [5, 5.41) is 3.03. The maximum Gasteiger partial charge on any atom is 0.223 e. The van der Waals surface area contributed by atoms with Gasteiger partial charge in [0.25, 0.3) is 0 Å². The molecule has 0 bridgehead atoms. The summed E-state index contributed by atoms with van der Waals surface area (Å²) in [5.74, 6) is 0.878. The van der Waals surface area contributed by atoms with Gasteiger partial charge in [0, 0.05) is 17.3 Å². The molecule has 0 aromatic rings. The first kappa shape index (κ1) is 12.8. The van der Waals surface area contributed by atoms with Crippen molar-refractivity contribution in [2.24, 2.45) is 5.92 Å². The molecule has 0 aromatic heterocycles. The van der Waals surface area contributed by atoms with E-state index in [0.29, 0.717) is 5.88 Å². The zero-order valence-electron chi connectivity index (χ0n) is 9.81. The van der Waals surface area contributed by atoms with Crippen LogP contribution in [0.1, 0.15) is 52.4 Å². The zero-order chi connectivity index (χ0) is 11.3. The van der Waals surface area contributed by atoms with Crippen molar-refractivity contribution in [2.75, 3.05) is 5.88 Å². The second kappa shape index (κ2) is 5.74. The van der Waals surface area contributed by atoms with Gasteiger partial charge in [-0.2, -0.15) is 0 Å². The number of hydrogen-bond donors (Lipinski definition) is 1. The fraction of sp³-hybridized carbons (Fsp3) is 0.917. The van der Waals surface area contributed by atoms with Crippen molar-refractivity contribution in [2.45, 2.75) is 57.9 Å². The van der Waals surface area contributed by atoms with E-state index in [2.05, 4.69) is 5.32 Å². The van der Waals surface area contributed by atoms with Crippen LogP contribution >= 0.6 is 11.6 Å². The number of rotatable bonds is 3. The van der Waals surface area contributed by atoms with Crippen LogP contribution in [0.5, 0.6) is 0 Å². The van der Waals surface area contributed by atoms with Crippen molar-refractivity contribution in [3.05, 3.63) is 0 Å². The van der Waals surface area contributed by atoms with Gasteiger partial charge in [-0.1, -0.05) is 25.7 Å². The maximum absolute atomic E-state index is 12.0. The topological polar surface area (TPSA) is 29.1 Å². The Morgan fingerprint density at radius 2 is 1.80 bits per heavy atom. The molecule has 0 radical (unpaired) electrons. The van der Waals surface area contributed by atoms with Gasteiger partial charge < -0.3 is 5.32 Å². The Labute approximate surface area is 97.8 Å². The SMILES string of the molecule is CC(C)(CCl)NC(=O)C1CCCCCC1. The fourth-order valence-corrected chi connectivity index (χ4v) is 2.08. The average molecular weight is 232 g/mol. The van der Waals surface area contributed by atoms with Crippen molar-refractivity contribution < 1.29 is 4.79 Å². The van der Waals surface area contributed by atoms with E-state index in [4.69, 9.17) is 11.6 Å². The molecule has 0 atom stereocenters. The highest BCUT2D eigenvalue weighted by molar-refractivity contribution is 6.18. The number of amides is 1. The first-order chi connectivity index (χ1) is 7.05. The first-order valence-electron chi connectivity index (χ1n) is 5.93. The van der Waals surface area contributed by atoms with E-state index < -0.39 is 0 Å². The molecule has 15 heavy (non-hydrogen) atoms. The number of hydrogen-bond acceptors (Lipinski definition) is 1. The van der Waals surface area contributed by atoms with Crippen molar-refractivity contribution in [3.63, 3.8) is 0 Å². The molecule has 1 aliphatic rings. The molecule has 0 aliphatic heterocycles. The summed E-state index contributed by atoms with van der Waals surface area (Å²) in [6.07, 6.45) is 7.04. The van der Waals surface area contributed by atoms with Gasteiger partial charge >= 0.3 is 0 Å². The van der Waals surface area contributed by atoms with Crippen LogP contribution in [0.15, 0.2) is 0 Å². The van der Waals surface area contributed by atoms with E-state index in [-0.39, 0.29) is 17.4 Å². The Kier molecular flexibility index (Phi) is 4.91. The summed E-state index contributed by atoms with van der Waals surface area (Å²) < 4.78 is 0. The van der Waals surface area contributed by atoms with Crippen molar-refractivity contribution in [1.29, 1.82) is 0 Å². The number of halogens is 1. The third-order valence-corrected chi connectivity index (χ3v) is 3.69. The minimum absolute atomic E-state index is 0.197. The summed E-state index contributed by atoms with van der Waals surface area (Å²) in [7, 11) is 0. The lowest BCUT2D eigenvalue weighted by Gasteiger charge is -2.26. The second-order valence-corrected chi connectivity index (χ2v) is 5.46. The highest BCUT2D eigenvalue weighted by Gasteiger charge is 2.25. The Bertz CT molecular complexity index is 208. The summed E-state index contributed by atoms with van der Waals surface area (Å²) >= 11 is 5.79. The van der Waals surface area contributed by atoms with E-state index in [1.54, 1.807) is 0 Å². The molecule has 1 amide bonds. The van der Waals surface area contributed by atoms with Crippen molar-refractivity contribution in [3.8, 4) is 0 Å². The van der Waals surface area contributed by atoms with E-state index in [1.807, 2.05) is 13.8 Å². The third-order valence-electron chi connectivity index (χ3n) is 3.02. The molecular formula is C12H22ClNO. The molecule has 1 N–H and O–H groups in total. The van der Waals surface area contributed by atoms with E-state index in [0.717, 1.165) is 12.8 Å². The minimum Gasteiger partial charge on any atom is -0.350 e. The average Bonchev–Trinajstić information content (AvgIpc) is 2.45. The van der Waals surface area contributed by atoms with Crippen LogP contribution in [0, 0.1) is 5.92 Å². The van der Waals surface area contributed by atoms with Gasteiger partial charge in [-0.05, 0) is 26.7 Å². The van der Waals surface area contributed by atoms with Crippen molar-refractivity contribution in [1.82, 2.24) is 5.32 Å². The van der Waals surface area contributed by atoms with Gasteiger partial charge in [0.05, 0.1) is 0 Å². The molecule has 3 heteroatoms. The minimum atomic E-state index is -0.273. The Morgan fingerprint density at radius 3 is 2.27 bits per heavy atom. The molecule has 0 heterocycles. The smallest absolute Gasteiger partial charge is 0.223 e. The maximum atomic E-state index is 12.0. The lowest BCUT2D eigenvalue weighted by Crippen LogP contribution is -2.47. The molecule has 1 fully saturated rings. The molecule has 0 unspecified atom stereocenters. The molecule has 1 rings (SSSR count). The number of alkyl halides is 1. The number of carbonyl (C=O) groups excluding carboxylic acids is 1. The summed E-state index contributed by atoms with van der Waals surface area (Å²) in [6, 6.07) is 0. The van der Waals surface area contributed by atoms with Crippen LogP contribution in [-0.2, 0) is 4.79 Å². The second-order valence-electron chi connectivity index (χ2n) is 5.20. The summed E-state index contributed by atoms with van der Waals surface area (Å²) in [6.45, 7) is 3.93. The highest BCUT2D eigenvalue weighted by Crippen LogP contribution is 2.23. The molecule has 0 saturated heterocycles. The first-order valence-corrected chi connectivity index (χ1v) is 6.46. The zero-order valence-corrected chi connectivity index (χ0v) is 10.6. The van der Waals surface area contributed by atoms with Crippen LogP contribution in [0.4, 0.5) is 0 Å². The van der Waals surface area contributed by atoms with Gasteiger partial charge in [0.1, 0.15) is 0 Å². The van der Waals surface area contributed by atoms with Gasteiger partial charge in [0.15, 0.2) is 0 Å². The van der Waals surface area contributed by atoms with Crippen LogP contribution in [0.3, 0.4) is 0 Å². The number of nitrogens with one attached hydrogen (secondary N) is 1. The molecule has 1 aliphatic carbocycles. The predicted octanol–water partition coefficient (Wildman–Crippen LogP) is 3.09.